The minimum Gasteiger partial charge on any atom is -0.388 e. The van der Waals surface area contributed by atoms with Crippen LogP contribution in [0.2, 0.25) is 0 Å². The zero-order valence-electron chi connectivity index (χ0n) is 22.6. The molecule has 2 aliphatic heterocycles. The fraction of sp³-hybridized carbons (Fsp3) is 0.800. The van der Waals surface area contributed by atoms with Crippen molar-refractivity contribution in [3.8, 4) is 0 Å². The van der Waals surface area contributed by atoms with Gasteiger partial charge in [-0.1, -0.05) is 68.9 Å². The Morgan fingerprint density at radius 3 is 1.89 bits per heavy atom. The van der Waals surface area contributed by atoms with Gasteiger partial charge in [-0.15, -0.1) is 0 Å². The highest BCUT2D eigenvalue weighted by Gasteiger charge is 2.62. The first kappa shape index (κ1) is 27.5. The number of aliphatic hydroxyl groups is 1. The molecule has 0 amide bonds. The molecule has 37 heavy (non-hydrogen) atoms. The molecule has 0 bridgehead atoms. The summed E-state index contributed by atoms with van der Waals surface area (Å²) in [7, 11) is 0. The average Bonchev–Trinajstić information content (AvgIpc) is 2.94. The Labute approximate surface area is 222 Å². The molecule has 7 nitrogen and oxygen atoms in total. The Kier molecular flexibility index (Phi) is 9.23. The predicted molar refractivity (Wildman–Crippen MR) is 139 cm³/mol. The van der Waals surface area contributed by atoms with E-state index in [0.29, 0.717) is 31.7 Å². The molecule has 208 valence electrons. The number of fused-ring (bicyclic) bond motifs is 1. The molecule has 4 fully saturated rings. The van der Waals surface area contributed by atoms with Gasteiger partial charge in [-0.25, -0.2) is 0 Å². The van der Waals surface area contributed by atoms with Crippen LogP contribution in [0.15, 0.2) is 30.3 Å². The van der Waals surface area contributed by atoms with Crippen molar-refractivity contribution in [3.05, 3.63) is 35.9 Å². The first-order valence-corrected chi connectivity index (χ1v) is 14.5. The lowest BCUT2D eigenvalue weighted by Gasteiger charge is -2.56. The van der Waals surface area contributed by atoms with Crippen LogP contribution in [-0.2, 0) is 35.0 Å². The van der Waals surface area contributed by atoms with Gasteiger partial charge in [0.2, 0.25) is 11.6 Å². The highest BCUT2D eigenvalue weighted by atomic mass is 16.8. The summed E-state index contributed by atoms with van der Waals surface area (Å²) < 4.78 is 38.6. The number of rotatable bonds is 9. The van der Waals surface area contributed by atoms with E-state index >= 15 is 0 Å². The maximum atomic E-state index is 10.9. The molecule has 4 aliphatic rings. The summed E-state index contributed by atoms with van der Waals surface area (Å²) in [6, 6.07) is 9.98. The monoisotopic (exact) mass is 518 g/mol. The summed E-state index contributed by atoms with van der Waals surface area (Å²) in [6.45, 7) is 5.52. The standard InChI is InChI=1S/C30H46O7/c1-29(34-19-23-14-8-4-9-15-23)30(2,35-20-24-16-10-5-11-17-24)37-27-26(36-29)25(31)21-33-28(27)32-18-22-12-6-3-7-13-22/h3,6-7,12-13,23-28,31H,4-5,8-11,14-21H2,1-2H3/t25-,26-,27+,28-,29+,30+/m0/s1. The van der Waals surface area contributed by atoms with Crippen molar-refractivity contribution in [2.75, 3.05) is 19.8 Å². The van der Waals surface area contributed by atoms with Crippen LogP contribution in [0.25, 0.3) is 0 Å². The number of hydrogen-bond donors (Lipinski definition) is 1. The Bertz CT molecular complexity index is 824. The van der Waals surface area contributed by atoms with Crippen molar-refractivity contribution in [3.63, 3.8) is 0 Å². The van der Waals surface area contributed by atoms with Gasteiger partial charge < -0.3 is 33.5 Å². The second kappa shape index (κ2) is 12.4. The second-order valence-electron chi connectivity index (χ2n) is 11.8. The van der Waals surface area contributed by atoms with E-state index in [9.17, 15) is 5.11 Å². The molecular formula is C30H46O7. The van der Waals surface area contributed by atoms with Crippen molar-refractivity contribution in [1.29, 1.82) is 0 Å². The summed E-state index contributed by atoms with van der Waals surface area (Å²) in [5, 5.41) is 10.9. The van der Waals surface area contributed by atoms with Crippen LogP contribution in [-0.4, -0.2) is 61.1 Å². The second-order valence-corrected chi connectivity index (χ2v) is 11.8. The van der Waals surface area contributed by atoms with Gasteiger partial charge in [-0.05, 0) is 56.9 Å². The maximum Gasteiger partial charge on any atom is 0.221 e. The van der Waals surface area contributed by atoms with Gasteiger partial charge in [0.1, 0.15) is 18.3 Å². The zero-order chi connectivity index (χ0) is 25.7. The van der Waals surface area contributed by atoms with E-state index in [2.05, 4.69) is 0 Å². The Morgan fingerprint density at radius 1 is 0.784 bits per heavy atom. The van der Waals surface area contributed by atoms with Gasteiger partial charge in [0.25, 0.3) is 0 Å². The zero-order valence-corrected chi connectivity index (χ0v) is 22.6. The Hall–Kier alpha value is -1.06. The van der Waals surface area contributed by atoms with E-state index in [1.165, 1.54) is 64.2 Å². The van der Waals surface area contributed by atoms with Gasteiger partial charge in [-0.3, -0.25) is 0 Å². The molecule has 7 heteroatoms. The fourth-order valence-corrected chi connectivity index (χ4v) is 6.25. The summed E-state index contributed by atoms with van der Waals surface area (Å²) >= 11 is 0. The SMILES string of the molecule is C[C@@]1(OCC2CCCCC2)O[C@@H]2[C@@H](O[C@@]1(C)OCC1CCCCC1)[C@@H](OCc1ccccc1)OC[C@@H]2O. The lowest BCUT2D eigenvalue weighted by atomic mass is 9.89. The minimum atomic E-state index is -1.17. The largest absolute Gasteiger partial charge is 0.388 e. The van der Waals surface area contributed by atoms with Gasteiger partial charge in [-0.2, -0.15) is 0 Å². The normalized spacial score (nSPS) is 37.8. The van der Waals surface area contributed by atoms with E-state index in [1.807, 2.05) is 44.2 Å². The third-order valence-electron chi connectivity index (χ3n) is 8.84. The average molecular weight is 519 g/mol. The molecule has 2 saturated heterocycles. The molecule has 2 aliphatic carbocycles. The number of aliphatic hydroxyl groups excluding tert-OH is 1. The molecule has 5 rings (SSSR count). The quantitative estimate of drug-likeness (QED) is 0.473. The topological polar surface area (TPSA) is 75.6 Å². The minimum absolute atomic E-state index is 0.113. The predicted octanol–water partition coefficient (Wildman–Crippen LogP) is 5.33. The summed E-state index contributed by atoms with van der Waals surface area (Å²) in [6.07, 6.45) is 9.48. The molecule has 2 heterocycles. The summed E-state index contributed by atoms with van der Waals surface area (Å²) in [5.74, 6) is -1.32. The maximum absolute atomic E-state index is 10.9. The molecular weight excluding hydrogens is 472 g/mol. The Balaban J connectivity index is 1.32. The van der Waals surface area contributed by atoms with Crippen LogP contribution >= 0.6 is 0 Å². The van der Waals surface area contributed by atoms with Crippen LogP contribution in [0.3, 0.4) is 0 Å². The van der Waals surface area contributed by atoms with Gasteiger partial charge >= 0.3 is 0 Å². The van der Waals surface area contributed by atoms with Crippen molar-refractivity contribution in [2.45, 2.75) is 121 Å². The van der Waals surface area contributed by atoms with Crippen LogP contribution in [0, 0.1) is 11.8 Å². The Morgan fingerprint density at radius 2 is 1.32 bits per heavy atom. The molecule has 0 unspecified atom stereocenters. The van der Waals surface area contributed by atoms with Crippen molar-refractivity contribution >= 4 is 0 Å². The smallest absolute Gasteiger partial charge is 0.221 e. The van der Waals surface area contributed by atoms with E-state index < -0.39 is 36.2 Å². The van der Waals surface area contributed by atoms with E-state index in [-0.39, 0.29) is 6.61 Å². The molecule has 2 saturated carbocycles. The summed E-state index contributed by atoms with van der Waals surface area (Å²) in [4.78, 5) is 0. The van der Waals surface area contributed by atoms with Gasteiger partial charge in [0.05, 0.1) is 26.4 Å². The van der Waals surface area contributed by atoms with E-state index in [4.69, 9.17) is 28.4 Å². The van der Waals surface area contributed by atoms with Crippen LogP contribution in [0.5, 0.6) is 0 Å². The highest BCUT2D eigenvalue weighted by molar-refractivity contribution is 5.13. The molecule has 6 atom stereocenters. The molecule has 0 spiro atoms. The summed E-state index contributed by atoms with van der Waals surface area (Å²) in [5.41, 5.74) is 1.04. The number of hydrogen-bond acceptors (Lipinski definition) is 7. The molecule has 0 radical (unpaired) electrons. The van der Waals surface area contributed by atoms with Crippen molar-refractivity contribution in [2.24, 2.45) is 11.8 Å². The highest BCUT2D eigenvalue weighted by Crippen LogP contribution is 2.45. The number of ether oxygens (including phenoxy) is 6. The molecule has 0 aromatic heterocycles. The van der Waals surface area contributed by atoms with E-state index in [1.54, 1.807) is 0 Å². The lowest BCUT2D eigenvalue weighted by molar-refractivity contribution is -0.488. The first-order chi connectivity index (χ1) is 18.0. The molecule has 1 aromatic rings. The van der Waals surface area contributed by atoms with Crippen LogP contribution in [0.1, 0.15) is 83.6 Å². The third-order valence-corrected chi connectivity index (χ3v) is 8.84. The molecule has 1 aromatic carbocycles. The van der Waals surface area contributed by atoms with Crippen molar-refractivity contribution in [1.82, 2.24) is 0 Å². The van der Waals surface area contributed by atoms with Gasteiger partial charge in [0.15, 0.2) is 6.29 Å². The number of benzene rings is 1. The first-order valence-electron chi connectivity index (χ1n) is 14.5. The van der Waals surface area contributed by atoms with Crippen molar-refractivity contribution < 1.29 is 33.5 Å². The lowest BCUT2D eigenvalue weighted by Crippen LogP contribution is -2.72. The van der Waals surface area contributed by atoms with E-state index in [0.717, 1.165) is 5.56 Å². The third kappa shape index (κ3) is 6.57. The van der Waals surface area contributed by atoms with Crippen LogP contribution in [0.4, 0.5) is 0 Å². The van der Waals surface area contributed by atoms with Gasteiger partial charge in [0, 0.05) is 0 Å². The molecule has 1 N–H and O–H groups in total. The van der Waals surface area contributed by atoms with Crippen LogP contribution < -0.4 is 0 Å². The fourth-order valence-electron chi connectivity index (χ4n) is 6.25.